The number of ketones is 1. The molecule has 0 atom stereocenters. The molecule has 0 saturated carbocycles. The van der Waals surface area contributed by atoms with Crippen molar-refractivity contribution >= 4 is 15.6 Å². The van der Waals surface area contributed by atoms with Crippen molar-refractivity contribution in [1.82, 2.24) is 9.47 Å². The normalized spacial score (nSPS) is 20.3. The van der Waals surface area contributed by atoms with Gasteiger partial charge in [-0.15, -0.1) is 0 Å². The Hall–Kier alpha value is -2.43. The molecule has 0 amide bonds. The maximum Gasteiger partial charge on any atom is 0.178 e. The first-order valence-electron chi connectivity index (χ1n) is 11.9. The van der Waals surface area contributed by atoms with Gasteiger partial charge in [-0.3, -0.25) is 9.69 Å². The van der Waals surface area contributed by atoms with Crippen molar-refractivity contribution < 1.29 is 13.2 Å². The minimum absolute atomic E-state index is 0.173. The van der Waals surface area contributed by atoms with E-state index >= 15 is 0 Å². The number of hydrogen-bond acceptors (Lipinski definition) is 5. The molecule has 7 heteroatoms. The zero-order valence-corrected chi connectivity index (χ0v) is 20.6. The molecular weight excluding hydrogens is 434 g/mol. The molecule has 2 bridgehead atoms. The molecule has 0 spiro atoms. The van der Waals surface area contributed by atoms with Crippen LogP contribution in [0.3, 0.4) is 0 Å². The monoisotopic (exact) mass is 467 g/mol. The summed E-state index contributed by atoms with van der Waals surface area (Å²) in [6.45, 7) is 4.49. The number of aromatic nitrogens is 1. The van der Waals surface area contributed by atoms with Gasteiger partial charge in [0.1, 0.15) is 9.84 Å². The standard InChI is InChI=1S/C26H33N3O3S/c1-18-24(6-4-5-15-33(3,31)32)29(23-9-7-20(16-27)8-10-23)19(2)26(18)25(30)17-28-21-11-12-22(28)14-13-21/h7-10,21-22H,4-6,11-15,17H2,1-3H3. The van der Waals surface area contributed by atoms with E-state index in [1.807, 2.05) is 26.0 Å². The van der Waals surface area contributed by atoms with Crippen molar-refractivity contribution in [2.45, 2.75) is 70.9 Å². The van der Waals surface area contributed by atoms with Crippen molar-refractivity contribution in [3.05, 3.63) is 52.3 Å². The molecule has 4 rings (SSSR count). The lowest BCUT2D eigenvalue weighted by molar-refractivity contribution is 0.0917. The van der Waals surface area contributed by atoms with E-state index in [0.29, 0.717) is 37.0 Å². The molecule has 0 N–H and O–H groups in total. The number of rotatable bonds is 9. The van der Waals surface area contributed by atoms with Crippen LogP contribution in [0.2, 0.25) is 0 Å². The molecule has 0 aliphatic carbocycles. The van der Waals surface area contributed by atoms with Gasteiger partial charge in [-0.05, 0) is 88.6 Å². The van der Waals surface area contributed by atoms with Crippen LogP contribution in [0.25, 0.3) is 5.69 Å². The SMILES string of the molecule is Cc1c(C(=O)CN2C3CCC2CC3)c(C)n(-c2ccc(C#N)cc2)c1CCCCS(C)(=O)=O. The molecule has 2 fully saturated rings. The maximum absolute atomic E-state index is 13.5. The largest absolute Gasteiger partial charge is 0.317 e. The zero-order chi connectivity index (χ0) is 23.8. The highest BCUT2D eigenvalue weighted by Crippen LogP contribution is 2.38. The van der Waals surface area contributed by atoms with E-state index in [1.54, 1.807) is 12.1 Å². The van der Waals surface area contributed by atoms with Crippen LogP contribution in [0.4, 0.5) is 0 Å². The molecule has 2 aliphatic rings. The van der Waals surface area contributed by atoms with Gasteiger partial charge in [0, 0.05) is 46.7 Å². The van der Waals surface area contributed by atoms with Gasteiger partial charge in [0.15, 0.2) is 5.78 Å². The van der Waals surface area contributed by atoms with Gasteiger partial charge in [0.05, 0.1) is 18.2 Å². The molecule has 0 unspecified atom stereocenters. The maximum atomic E-state index is 13.5. The molecule has 0 radical (unpaired) electrons. The Labute approximate surface area is 197 Å². The fourth-order valence-corrected chi connectivity index (χ4v) is 6.55. The van der Waals surface area contributed by atoms with Crippen LogP contribution in [0.5, 0.6) is 0 Å². The summed E-state index contributed by atoms with van der Waals surface area (Å²) in [6.07, 6.45) is 8.10. The van der Waals surface area contributed by atoms with E-state index in [2.05, 4.69) is 15.5 Å². The van der Waals surface area contributed by atoms with Crippen LogP contribution in [0.1, 0.15) is 71.4 Å². The van der Waals surface area contributed by atoms with Gasteiger partial charge >= 0.3 is 0 Å². The Bertz CT molecular complexity index is 1170. The number of carbonyl (C=O) groups excluding carboxylic acids is 1. The minimum Gasteiger partial charge on any atom is -0.317 e. The van der Waals surface area contributed by atoms with Crippen LogP contribution in [0, 0.1) is 25.2 Å². The first kappa shape index (κ1) is 23.7. The van der Waals surface area contributed by atoms with Gasteiger partial charge in [-0.2, -0.15) is 5.26 Å². The molecule has 176 valence electrons. The summed E-state index contributed by atoms with van der Waals surface area (Å²) in [5.74, 6) is 0.347. The molecule has 1 aromatic heterocycles. The van der Waals surface area contributed by atoms with Gasteiger partial charge in [-0.1, -0.05) is 0 Å². The molecule has 1 aromatic carbocycles. The second-order valence-corrected chi connectivity index (χ2v) is 11.9. The molecule has 2 saturated heterocycles. The Morgan fingerprint density at radius 2 is 1.67 bits per heavy atom. The van der Waals surface area contributed by atoms with Crippen molar-refractivity contribution in [3.8, 4) is 11.8 Å². The van der Waals surface area contributed by atoms with E-state index < -0.39 is 9.84 Å². The Kier molecular flexibility index (Phi) is 6.78. The van der Waals surface area contributed by atoms with E-state index in [1.165, 1.54) is 31.9 Å². The average Bonchev–Trinajstić information content (AvgIpc) is 3.41. The Morgan fingerprint density at radius 3 is 2.21 bits per heavy atom. The summed E-state index contributed by atoms with van der Waals surface area (Å²) in [7, 11) is -2.99. The molecule has 6 nitrogen and oxygen atoms in total. The molecular formula is C26H33N3O3S. The van der Waals surface area contributed by atoms with Gasteiger partial charge in [0.25, 0.3) is 0 Å². The number of benzene rings is 1. The van der Waals surface area contributed by atoms with Gasteiger partial charge < -0.3 is 4.57 Å². The lowest BCUT2D eigenvalue weighted by Gasteiger charge is -2.20. The zero-order valence-electron chi connectivity index (χ0n) is 19.8. The fourth-order valence-electron chi connectivity index (χ4n) is 5.82. The lowest BCUT2D eigenvalue weighted by atomic mass is 10.0. The summed E-state index contributed by atoms with van der Waals surface area (Å²) < 4.78 is 25.2. The second-order valence-electron chi connectivity index (χ2n) is 9.67. The Balaban J connectivity index is 1.65. The second kappa shape index (κ2) is 9.44. The highest BCUT2D eigenvalue weighted by atomic mass is 32.2. The third-order valence-corrected chi connectivity index (χ3v) is 8.45. The predicted molar refractivity (Wildman–Crippen MR) is 130 cm³/mol. The molecule has 2 aliphatic heterocycles. The van der Waals surface area contributed by atoms with Crippen molar-refractivity contribution in [3.63, 3.8) is 0 Å². The van der Waals surface area contributed by atoms with E-state index in [-0.39, 0.29) is 11.5 Å². The molecule has 33 heavy (non-hydrogen) atoms. The summed E-state index contributed by atoms with van der Waals surface area (Å²) in [4.78, 5) is 16.0. The number of fused-ring (bicyclic) bond motifs is 2. The quantitative estimate of drug-likeness (QED) is 0.409. The van der Waals surface area contributed by atoms with E-state index in [4.69, 9.17) is 5.26 Å². The average molecular weight is 468 g/mol. The van der Waals surface area contributed by atoms with Crippen LogP contribution in [0.15, 0.2) is 24.3 Å². The first-order valence-corrected chi connectivity index (χ1v) is 13.9. The number of unbranched alkanes of at least 4 members (excludes halogenated alkanes) is 1. The number of hydrogen-bond donors (Lipinski definition) is 0. The lowest BCUT2D eigenvalue weighted by Crippen LogP contribution is -2.34. The number of Topliss-reactive ketones (excluding diaryl/α,β-unsaturated/α-hetero) is 1. The third kappa shape index (κ3) is 4.92. The van der Waals surface area contributed by atoms with Crippen LogP contribution in [-0.4, -0.2) is 54.3 Å². The van der Waals surface area contributed by atoms with Gasteiger partial charge in [-0.25, -0.2) is 8.42 Å². The predicted octanol–water partition coefficient (Wildman–Crippen LogP) is 4.14. The topological polar surface area (TPSA) is 83.2 Å². The molecule has 3 heterocycles. The van der Waals surface area contributed by atoms with Crippen LogP contribution < -0.4 is 0 Å². The van der Waals surface area contributed by atoms with Crippen LogP contribution >= 0.6 is 0 Å². The van der Waals surface area contributed by atoms with Gasteiger partial charge in [0.2, 0.25) is 0 Å². The smallest absolute Gasteiger partial charge is 0.178 e. The summed E-state index contributed by atoms with van der Waals surface area (Å²) in [6, 6.07) is 10.7. The minimum atomic E-state index is -2.99. The van der Waals surface area contributed by atoms with Crippen molar-refractivity contribution in [1.29, 1.82) is 5.26 Å². The molecule has 2 aromatic rings. The highest BCUT2D eigenvalue weighted by molar-refractivity contribution is 7.90. The number of nitriles is 1. The fraction of sp³-hybridized carbons (Fsp3) is 0.538. The summed E-state index contributed by atoms with van der Waals surface area (Å²) >= 11 is 0. The van der Waals surface area contributed by atoms with Crippen molar-refractivity contribution in [2.75, 3.05) is 18.6 Å². The van der Waals surface area contributed by atoms with Crippen molar-refractivity contribution in [2.24, 2.45) is 0 Å². The summed E-state index contributed by atoms with van der Waals surface area (Å²) in [5, 5.41) is 9.17. The number of sulfone groups is 1. The third-order valence-electron chi connectivity index (χ3n) is 7.42. The Morgan fingerprint density at radius 1 is 1.06 bits per heavy atom. The van der Waals surface area contributed by atoms with Crippen LogP contribution in [-0.2, 0) is 16.3 Å². The summed E-state index contributed by atoms with van der Waals surface area (Å²) in [5.41, 5.74) is 5.28. The van der Waals surface area contributed by atoms with E-state index in [9.17, 15) is 13.2 Å². The highest BCUT2D eigenvalue weighted by Gasteiger charge is 2.40. The number of carbonyl (C=O) groups is 1. The number of nitrogens with zero attached hydrogens (tertiary/aromatic N) is 3. The van der Waals surface area contributed by atoms with E-state index in [0.717, 1.165) is 34.6 Å². The first-order chi connectivity index (χ1) is 15.7.